The van der Waals surface area contributed by atoms with Gasteiger partial charge in [-0.2, -0.15) is 0 Å². The minimum Gasteiger partial charge on any atom is -0.495 e. The molecule has 2 fully saturated rings. The topological polar surface area (TPSA) is 95.9 Å². The van der Waals surface area contributed by atoms with E-state index in [0.717, 1.165) is 0 Å². The molecule has 1 aromatic carbocycles. The monoisotopic (exact) mass is 360 g/mol. The van der Waals surface area contributed by atoms with Gasteiger partial charge in [-0.15, -0.1) is 0 Å². The third kappa shape index (κ3) is 3.66. The predicted molar refractivity (Wildman–Crippen MR) is 94.8 cm³/mol. The highest BCUT2D eigenvalue weighted by Gasteiger charge is 2.43. The van der Waals surface area contributed by atoms with Crippen LogP contribution in [0.25, 0.3) is 0 Å². The van der Waals surface area contributed by atoms with Crippen LogP contribution in [0.5, 0.6) is 5.75 Å². The average molecular weight is 360 g/mol. The zero-order valence-electron chi connectivity index (χ0n) is 14.8. The van der Waals surface area contributed by atoms with Crippen LogP contribution in [0.15, 0.2) is 24.3 Å². The first-order chi connectivity index (χ1) is 12.5. The molecule has 3 rings (SSSR count). The molecule has 2 N–H and O–H groups in total. The second-order valence-electron chi connectivity index (χ2n) is 6.92. The Bertz CT molecular complexity index is 697. The van der Waals surface area contributed by atoms with E-state index in [9.17, 15) is 14.4 Å². The van der Waals surface area contributed by atoms with Gasteiger partial charge in [0.1, 0.15) is 5.75 Å². The largest absolute Gasteiger partial charge is 0.495 e. The molecular weight excluding hydrogens is 336 g/mol. The molecule has 2 aliphatic rings. The number of ether oxygens (including phenoxy) is 1. The standard InChI is InChI=1S/C19H24N2O5/c1-26-16-5-3-2-4-15(16)20-17(22)12-8-10-21(11-9-12)18(23)13-6-7-14(13)19(24)25/h2-5,12-14H,6-11H2,1H3,(H,20,22)(H,24,25). The van der Waals surface area contributed by atoms with Gasteiger partial charge in [0, 0.05) is 19.0 Å². The number of para-hydroxylation sites is 2. The second kappa shape index (κ2) is 7.76. The van der Waals surface area contributed by atoms with Gasteiger partial charge in [0.2, 0.25) is 11.8 Å². The van der Waals surface area contributed by atoms with Gasteiger partial charge in [0.15, 0.2) is 0 Å². The van der Waals surface area contributed by atoms with Gasteiger partial charge in [-0.25, -0.2) is 0 Å². The van der Waals surface area contributed by atoms with E-state index >= 15 is 0 Å². The lowest BCUT2D eigenvalue weighted by Gasteiger charge is -2.39. The van der Waals surface area contributed by atoms with Crippen molar-refractivity contribution in [1.82, 2.24) is 4.90 Å². The number of carboxylic acid groups (broad SMARTS) is 1. The molecule has 1 aliphatic carbocycles. The van der Waals surface area contributed by atoms with Crippen LogP contribution >= 0.6 is 0 Å². The van der Waals surface area contributed by atoms with E-state index in [-0.39, 0.29) is 17.7 Å². The molecule has 0 bridgehead atoms. The van der Waals surface area contributed by atoms with Crippen LogP contribution in [0.3, 0.4) is 0 Å². The van der Waals surface area contributed by atoms with Crippen LogP contribution in [0, 0.1) is 17.8 Å². The molecule has 26 heavy (non-hydrogen) atoms. The lowest BCUT2D eigenvalue weighted by Crippen LogP contribution is -2.49. The van der Waals surface area contributed by atoms with Gasteiger partial charge in [-0.1, -0.05) is 12.1 Å². The number of methoxy groups -OCH3 is 1. The summed E-state index contributed by atoms with van der Waals surface area (Å²) in [5.74, 6) is -1.54. The van der Waals surface area contributed by atoms with Crippen LogP contribution in [-0.2, 0) is 14.4 Å². The van der Waals surface area contributed by atoms with Gasteiger partial charge in [-0.05, 0) is 37.8 Å². The van der Waals surface area contributed by atoms with Crippen molar-refractivity contribution in [3.8, 4) is 5.75 Å². The lowest BCUT2D eigenvalue weighted by atomic mass is 9.72. The predicted octanol–water partition coefficient (Wildman–Crippen LogP) is 1.98. The molecule has 2 atom stereocenters. The summed E-state index contributed by atoms with van der Waals surface area (Å²) in [4.78, 5) is 37.8. The minimum atomic E-state index is -0.888. The minimum absolute atomic E-state index is 0.0753. The molecule has 1 saturated heterocycles. The quantitative estimate of drug-likeness (QED) is 0.837. The maximum atomic E-state index is 12.5. The van der Waals surface area contributed by atoms with Gasteiger partial charge in [0.25, 0.3) is 0 Å². The summed E-state index contributed by atoms with van der Waals surface area (Å²) in [5, 5.41) is 12.0. The maximum absolute atomic E-state index is 12.5. The van der Waals surface area contributed by atoms with Crippen LogP contribution in [0.1, 0.15) is 25.7 Å². The third-order valence-electron chi connectivity index (χ3n) is 5.45. The molecule has 140 valence electrons. The average Bonchev–Trinajstić information content (AvgIpc) is 2.60. The number of hydrogen-bond donors (Lipinski definition) is 2. The fourth-order valence-corrected chi connectivity index (χ4v) is 3.67. The van der Waals surface area contributed by atoms with Crippen LogP contribution in [0.2, 0.25) is 0 Å². The number of anilines is 1. The van der Waals surface area contributed by atoms with Crippen molar-refractivity contribution in [3.63, 3.8) is 0 Å². The Morgan fingerprint density at radius 1 is 1.08 bits per heavy atom. The SMILES string of the molecule is COc1ccccc1NC(=O)C1CCN(C(=O)C2CCC2C(=O)O)CC1. The molecular formula is C19H24N2O5. The van der Waals surface area contributed by atoms with Crippen molar-refractivity contribution in [2.45, 2.75) is 25.7 Å². The zero-order chi connectivity index (χ0) is 18.7. The number of benzene rings is 1. The smallest absolute Gasteiger partial charge is 0.307 e. The van der Waals surface area contributed by atoms with E-state index in [0.29, 0.717) is 50.2 Å². The lowest BCUT2D eigenvalue weighted by molar-refractivity contribution is -0.157. The molecule has 0 radical (unpaired) electrons. The second-order valence-corrected chi connectivity index (χ2v) is 6.92. The van der Waals surface area contributed by atoms with Crippen LogP contribution in [-0.4, -0.2) is 48.0 Å². The first-order valence-corrected chi connectivity index (χ1v) is 8.96. The number of hydrogen-bond acceptors (Lipinski definition) is 4. The fourth-order valence-electron chi connectivity index (χ4n) is 3.67. The number of carboxylic acids is 1. The Balaban J connectivity index is 1.52. The number of amides is 2. The van der Waals surface area contributed by atoms with Gasteiger partial charge in [-0.3, -0.25) is 14.4 Å². The highest BCUT2D eigenvalue weighted by Crippen LogP contribution is 2.36. The van der Waals surface area contributed by atoms with Crippen LogP contribution < -0.4 is 10.1 Å². The van der Waals surface area contributed by atoms with E-state index in [4.69, 9.17) is 9.84 Å². The van der Waals surface area contributed by atoms with Gasteiger partial charge < -0.3 is 20.1 Å². The number of carbonyl (C=O) groups excluding carboxylic acids is 2. The molecule has 7 heteroatoms. The van der Waals surface area contributed by atoms with Crippen molar-refractivity contribution in [1.29, 1.82) is 0 Å². The Kier molecular flexibility index (Phi) is 5.44. The molecule has 1 aromatic rings. The summed E-state index contributed by atoms with van der Waals surface area (Å²) in [7, 11) is 1.56. The first kappa shape index (κ1) is 18.2. The molecule has 7 nitrogen and oxygen atoms in total. The summed E-state index contributed by atoms with van der Waals surface area (Å²) in [5.41, 5.74) is 0.636. The highest BCUT2D eigenvalue weighted by molar-refractivity contribution is 5.94. The summed E-state index contributed by atoms with van der Waals surface area (Å²) in [6.07, 6.45) is 2.38. The Labute approximate surface area is 152 Å². The number of carbonyl (C=O) groups is 3. The molecule has 1 saturated carbocycles. The van der Waals surface area contributed by atoms with Gasteiger partial charge in [0.05, 0.1) is 24.6 Å². The summed E-state index contributed by atoms with van der Waals surface area (Å²) < 4.78 is 5.24. The van der Waals surface area contributed by atoms with E-state index < -0.39 is 17.8 Å². The van der Waals surface area contributed by atoms with E-state index in [1.165, 1.54) is 0 Å². The Hall–Kier alpha value is -2.57. The molecule has 1 heterocycles. The molecule has 2 unspecified atom stereocenters. The Morgan fingerprint density at radius 2 is 1.73 bits per heavy atom. The molecule has 0 aromatic heterocycles. The number of piperidine rings is 1. The summed E-state index contributed by atoms with van der Waals surface area (Å²) >= 11 is 0. The number of likely N-dealkylation sites (tertiary alicyclic amines) is 1. The number of rotatable bonds is 5. The number of nitrogens with zero attached hydrogens (tertiary/aromatic N) is 1. The third-order valence-corrected chi connectivity index (χ3v) is 5.45. The first-order valence-electron chi connectivity index (χ1n) is 8.96. The van der Waals surface area contributed by atoms with Crippen molar-refractivity contribution in [2.24, 2.45) is 17.8 Å². The van der Waals surface area contributed by atoms with E-state index in [1.807, 2.05) is 12.1 Å². The molecule has 0 spiro atoms. The van der Waals surface area contributed by atoms with Gasteiger partial charge >= 0.3 is 5.97 Å². The number of nitrogens with one attached hydrogen (secondary N) is 1. The van der Waals surface area contributed by atoms with E-state index in [2.05, 4.69) is 5.32 Å². The van der Waals surface area contributed by atoms with Crippen molar-refractivity contribution in [2.75, 3.05) is 25.5 Å². The highest BCUT2D eigenvalue weighted by atomic mass is 16.5. The van der Waals surface area contributed by atoms with Crippen LogP contribution in [0.4, 0.5) is 5.69 Å². The summed E-state index contributed by atoms with van der Waals surface area (Å²) in [6.45, 7) is 0.983. The summed E-state index contributed by atoms with van der Waals surface area (Å²) in [6, 6.07) is 7.24. The zero-order valence-corrected chi connectivity index (χ0v) is 14.8. The molecule has 1 aliphatic heterocycles. The number of aliphatic carboxylic acids is 1. The van der Waals surface area contributed by atoms with Crippen molar-refractivity contribution >= 4 is 23.5 Å². The fraction of sp³-hybridized carbons (Fsp3) is 0.526. The van der Waals surface area contributed by atoms with E-state index in [1.54, 1.807) is 24.1 Å². The normalized spacial score (nSPS) is 23.0. The Morgan fingerprint density at radius 3 is 2.31 bits per heavy atom. The maximum Gasteiger partial charge on any atom is 0.307 e. The molecule has 2 amide bonds. The van der Waals surface area contributed by atoms with Crippen molar-refractivity contribution < 1.29 is 24.2 Å². The van der Waals surface area contributed by atoms with Crippen molar-refractivity contribution in [3.05, 3.63) is 24.3 Å².